The van der Waals surface area contributed by atoms with Crippen molar-refractivity contribution in [2.75, 3.05) is 6.61 Å². The van der Waals surface area contributed by atoms with E-state index in [1.165, 1.54) is 11.3 Å². The summed E-state index contributed by atoms with van der Waals surface area (Å²) >= 11 is 1.43. The van der Waals surface area contributed by atoms with Gasteiger partial charge < -0.3 is 10.4 Å². The average molecular weight is 200 g/mol. The van der Waals surface area contributed by atoms with Gasteiger partial charge in [0.2, 0.25) is 0 Å². The molecule has 0 unspecified atom stereocenters. The lowest BCUT2D eigenvalue weighted by Gasteiger charge is -2.08. The normalized spacial score (nSPS) is 12.5. The summed E-state index contributed by atoms with van der Waals surface area (Å²) in [7, 11) is 0. The van der Waals surface area contributed by atoms with Gasteiger partial charge in [0.25, 0.3) is 5.91 Å². The molecule has 1 rings (SSSR count). The monoisotopic (exact) mass is 200 g/mol. The molecular formula is C8H12N2O2S. The van der Waals surface area contributed by atoms with Gasteiger partial charge in [0.15, 0.2) is 0 Å². The summed E-state index contributed by atoms with van der Waals surface area (Å²) in [6.45, 7) is 3.52. The number of carbonyl (C=O) groups excluding carboxylic acids is 1. The molecule has 72 valence electrons. The fourth-order valence-electron chi connectivity index (χ4n) is 0.811. The summed E-state index contributed by atoms with van der Waals surface area (Å²) in [6.07, 6.45) is 0. The van der Waals surface area contributed by atoms with Crippen LogP contribution in [-0.4, -0.2) is 28.6 Å². The molecule has 0 radical (unpaired) electrons. The lowest BCUT2D eigenvalue weighted by molar-refractivity contribution is 0.0918. The van der Waals surface area contributed by atoms with Gasteiger partial charge in [-0.3, -0.25) is 4.79 Å². The average Bonchev–Trinajstić information content (AvgIpc) is 2.51. The van der Waals surface area contributed by atoms with Gasteiger partial charge in [0.05, 0.1) is 11.6 Å². The molecule has 0 fully saturated rings. The molecule has 0 aliphatic rings. The molecule has 1 aromatic rings. The number of aliphatic hydroxyl groups excluding tert-OH is 1. The zero-order chi connectivity index (χ0) is 9.84. The van der Waals surface area contributed by atoms with Crippen molar-refractivity contribution in [1.82, 2.24) is 10.3 Å². The zero-order valence-electron chi connectivity index (χ0n) is 7.57. The molecule has 1 amide bonds. The molecule has 0 saturated heterocycles. The van der Waals surface area contributed by atoms with Gasteiger partial charge in [-0.2, -0.15) is 0 Å². The Bertz CT molecular complexity index is 298. The number of thiazole rings is 1. The number of nitrogens with one attached hydrogen (secondary N) is 1. The third kappa shape index (κ3) is 2.78. The minimum Gasteiger partial charge on any atom is -0.394 e. The van der Waals surface area contributed by atoms with Crippen LogP contribution in [0.15, 0.2) is 5.38 Å². The molecule has 0 spiro atoms. The Kier molecular flexibility index (Phi) is 3.39. The number of carbonyl (C=O) groups is 1. The molecule has 1 heterocycles. The predicted molar refractivity (Wildman–Crippen MR) is 50.9 cm³/mol. The Balaban J connectivity index is 2.58. The van der Waals surface area contributed by atoms with E-state index in [4.69, 9.17) is 5.11 Å². The van der Waals surface area contributed by atoms with E-state index >= 15 is 0 Å². The van der Waals surface area contributed by atoms with Crippen molar-refractivity contribution < 1.29 is 9.90 Å². The van der Waals surface area contributed by atoms with Gasteiger partial charge in [0.1, 0.15) is 5.69 Å². The maximum atomic E-state index is 11.3. The zero-order valence-corrected chi connectivity index (χ0v) is 8.39. The molecule has 13 heavy (non-hydrogen) atoms. The van der Waals surface area contributed by atoms with Gasteiger partial charge in [-0.25, -0.2) is 4.98 Å². The second-order valence-electron chi connectivity index (χ2n) is 2.81. The SMILES string of the molecule is Cc1nc(C(=O)N[C@@H](C)CO)cs1. The number of aromatic nitrogens is 1. The molecule has 0 saturated carbocycles. The largest absolute Gasteiger partial charge is 0.394 e. The van der Waals surface area contributed by atoms with Crippen LogP contribution in [0.3, 0.4) is 0 Å². The molecule has 0 bridgehead atoms. The highest BCUT2D eigenvalue weighted by molar-refractivity contribution is 7.09. The fourth-order valence-corrected chi connectivity index (χ4v) is 1.40. The van der Waals surface area contributed by atoms with Crippen molar-refractivity contribution in [2.45, 2.75) is 19.9 Å². The highest BCUT2D eigenvalue weighted by atomic mass is 32.1. The van der Waals surface area contributed by atoms with Crippen LogP contribution in [0.5, 0.6) is 0 Å². The van der Waals surface area contributed by atoms with Crippen LogP contribution in [0, 0.1) is 6.92 Å². The fraction of sp³-hybridized carbons (Fsp3) is 0.500. The van der Waals surface area contributed by atoms with Crippen molar-refractivity contribution in [1.29, 1.82) is 0 Å². The van der Waals surface area contributed by atoms with E-state index in [1.54, 1.807) is 12.3 Å². The number of rotatable bonds is 3. The summed E-state index contributed by atoms with van der Waals surface area (Å²) < 4.78 is 0. The molecule has 4 nitrogen and oxygen atoms in total. The second kappa shape index (κ2) is 4.34. The summed E-state index contributed by atoms with van der Waals surface area (Å²) in [6, 6.07) is -0.227. The van der Waals surface area contributed by atoms with E-state index in [0.717, 1.165) is 5.01 Å². The lowest BCUT2D eigenvalue weighted by Crippen LogP contribution is -2.35. The molecule has 0 aliphatic heterocycles. The number of hydrogen-bond donors (Lipinski definition) is 2. The van der Waals surface area contributed by atoms with Crippen LogP contribution in [-0.2, 0) is 0 Å². The molecule has 0 aliphatic carbocycles. The van der Waals surface area contributed by atoms with Gasteiger partial charge in [-0.15, -0.1) is 11.3 Å². The first-order valence-electron chi connectivity index (χ1n) is 3.97. The van der Waals surface area contributed by atoms with Crippen molar-refractivity contribution in [3.8, 4) is 0 Å². The van der Waals surface area contributed by atoms with E-state index in [0.29, 0.717) is 5.69 Å². The van der Waals surface area contributed by atoms with Crippen molar-refractivity contribution >= 4 is 17.2 Å². The van der Waals surface area contributed by atoms with Crippen LogP contribution < -0.4 is 5.32 Å². The topological polar surface area (TPSA) is 62.2 Å². The number of amides is 1. The van der Waals surface area contributed by atoms with Crippen molar-refractivity contribution in [2.24, 2.45) is 0 Å². The summed E-state index contributed by atoms with van der Waals surface area (Å²) in [5.74, 6) is -0.231. The minimum absolute atomic E-state index is 0.0607. The first-order valence-corrected chi connectivity index (χ1v) is 4.85. The van der Waals surface area contributed by atoms with E-state index in [1.807, 2.05) is 6.92 Å². The number of aliphatic hydroxyl groups is 1. The third-order valence-electron chi connectivity index (χ3n) is 1.50. The van der Waals surface area contributed by atoms with Crippen molar-refractivity contribution in [3.05, 3.63) is 16.1 Å². The molecule has 2 N–H and O–H groups in total. The number of aryl methyl sites for hydroxylation is 1. The first-order chi connectivity index (χ1) is 6.13. The smallest absolute Gasteiger partial charge is 0.271 e. The Morgan fingerprint density at radius 1 is 1.85 bits per heavy atom. The maximum absolute atomic E-state index is 11.3. The summed E-state index contributed by atoms with van der Waals surface area (Å²) in [5, 5.41) is 13.9. The van der Waals surface area contributed by atoms with E-state index in [2.05, 4.69) is 10.3 Å². The Morgan fingerprint density at radius 2 is 2.54 bits per heavy atom. The minimum atomic E-state index is -0.231. The van der Waals surface area contributed by atoms with E-state index in [9.17, 15) is 4.79 Å². The van der Waals surface area contributed by atoms with Gasteiger partial charge in [0, 0.05) is 11.4 Å². The van der Waals surface area contributed by atoms with Crippen LogP contribution >= 0.6 is 11.3 Å². The quantitative estimate of drug-likeness (QED) is 0.749. The summed E-state index contributed by atoms with van der Waals surface area (Å²) in [5.41, 5.74) is 0.419. The van der Waals surface area contributed by atoms with Gasteiger partial charge >= 0.3 is 0 Å². The van der Waals surface area contributed by atoms with E-state index in [-0.39, 0.29) is 18.6 Å². The number of nitrogens with zero attached hydrogens (tertiary/aromatic N) is 1. The lowest BCUT2D eigenvalue weighted by atomic mass is 10.3. The molecule has 5 heteroatoms. The third-order valence-corrected chi connectivity index (χ3v) is 2.28. The van der Waals surface area contributed by atoms with Crippen LogP contribution in [0.25, 0.3) is 0 Å². The Hall–Kier alpha value is -0.940. The first kappa shape index (κ1) is 10.1. The molecule has 1 atom stereocenters. The molecule has 0 aromatic carbocycles. The molecular weight excluding hydrogens is 188 g/mol. The van der Waals surface area contributed by atoms with Crippen LogP contribution in [0.1, 0.15) is 22.4 Å². The molecule has 1 aromatic heterocycles. The second-order valence-corrected chi connectivity index (χ2v) is 3.87. The highest BCUT2D eigenvalue weighted by Crippen LogP contribution is 2.07. The maximum Gasteiger partial charge on any atom is 0.271 e. The van der Waals surface area contributed by atoms with Gasteiger partial charge in [-0.1, -0.05) is 0 Å². The predicted octanol–water partition coefficient (Wildman–Crippen LogP) is 0.562. The Labute approximate surface area is 80.6 Å². The van der Waals surface area contributed by atoms with Crippen molar-refractivity contribution in [3.63, 3.8) is 0 Å². The van der Waals surface area contributed by atoms with Crippen LogP contribution in [0.4, 0.5) is 0 Å². The summed E-state index contributed by atoms with van der Waals surface area (Å²) in [4.78, 5) is 15.4. The van der Waals surface area contributed by atoms with Gasteiger partial charge in [-0.05, 0) is 13.8 Å². The standard InChI is InChI=1S/C8H12N2O2S/c1-5(3-11)9-8(12)7-4-13-6(2)10-7/h4-5,11H,3H2,1-2H3,(H,9,12)/t5-/m0/s1. The van der Waals surface area contributed by atoms with Crippen LogP contribution in [0.2, 0.25) is 0 Å². The Morgan fingerprint density at radius 3 is 3.00 bits per heavy atom. The number of hydrogen-bond acceptors (Lipinski definition) is 4. The van der Waals surface area contributed by atoms with E-state index < -0.39 is 0 Å². The highest BCUT2D eigenvalue weighted by Gasteiger charge is 2.11.